The van der Waals surface area contributed by atoms with Crippen LogP contribution in [-0.2, 0) is 14.4 Å². The number of ketones is 1. The molecule has 0 aromatic heterocycles. The molecule has 0 rings (SSSR count). The van der Waals surface area contributed by atoms with Gasteiger partial charge in [-0.3, -0.25) is 14.4 Å². The molecule has 0 saturated carbocycles. The first-order valence-electron chi connectivity index (χ1n) is 7.00. The van der Waals surface area contributed by atoms with E-state index in [4.69, 9.17) is 5.11 Å². The third kappa shape index (κ3) is 7.26. The first kappa shape index (κ1) is 18.6. The van der Waals surface area contributed by atoms with Gasteiger partial charge in [0.2, 0.25) is 5.91 Å². The van der Waals surface area contributed by atoms with Crippen molar-refractivity contribution in [3.05, 3.63) is 0 Å². The van der Waals surface area contributed by atoms with Crippen LogP contribution in [0.5, 0.6) is 0 Å². The van der Waals surface area contributed by atoms with Gasteiger partial charge < -0.3 is 10.4 Å². The second-order valence-corrected chi connectivity index (χ2v) is 6.81. The largest absolute Gasteiger partial charge is 0.481 e. The highest BCUT2D eigenvalue weighted by molar-refractivity contribution is 5.91. The summed E-state index contributed by atoms with van der Waals surface area (Å²) in [7, 11) is 0. The van der Waals surface area contributed by atoms with Gasteiger partial charge >= 0.3 is 5.97 Å². The predicted octanol–water partition coefficient (Wildman–Crippen LogP) is 2.24. The zero-order valence-corrected chi connectivity index (χ0v) is 13.3. The summed E-state index contributed by atoms with van der Waals surface area (Å²) in [5.41, 5.74) is 0.0435. The third-order valence-corrected chi connectivity index (χ3v) is 3.14. The van der Waals surface area contributed by atoms with Crippen LogP contribution < -0.4 is 5.32 Å². The maximum Gasteiger partial charge on any atom is 0.306 e. The normalized spacial score (nSPS) is 16.1. The zero-order chi connectivity index (χ0) is 16.1. The van der Waals surface area contributed by atoms with Crippen molar-refractivity contribution < 1.29 is 19.5 Å². The van der Waals surface area contributed by atoms with Gasteiger partial charge in [-0.2, -0.15) is 0 Å². The SMILES string of the molecule is C[C@@H](CC(=O)[C@@H](C)NC(=O)[C@@H](C)CC(C)(C)C)C(=O)O. The Kier molecular flexibility index (Phi) is 6.89. The average molecular weight is 285 g/mol. The molecule has 0 fully saturated rings. The van der Waals surface area contributed by atoms with Crippen molar-refractivity contribution >= 4 is 17.7 Å². The zero-order valence-electron chi connectivity index (χ0n) is 13.3. The van der Waals surface area contributed by atoms with Crippen molar-refractivity contribution in [2.24, 2.45) is 17.3 Å². The molecule has 0 aliphatic carbocycles. The summed E-state index contributed by atoms with van der Waals surface area (Å²) in [4.78, 5) is 34.5. The number of carboxylic acids is 1. The predicted molar refractivity (Wildman–Crippen MR) is 77.3 cm³/mol. The summed E-state index contributed by atoms with van der Waals surface area (Å²) >= 11 is 0. The van der Waals surface area contributed by atoms with Crippen LogP contribution in [0.2, 0.25) is 0 Å². The Bertz CT molecular complexity index is 371. The van der Waals surface area contributed by atoms with Crippen molar-refractivity contribution in [1.29, 1.82) is 0 Å². The van der Waals surface area contributed by atoms with Gasteiger partial charge in [0.25, 0.3) is 0 Å². The van der Waals surface area contributed by atoms with E-state index >= 15 is 0 Å². The fourth-order valence-electron chi connectivity index (χ4n) is 2.01. The number of hydrogen-bond donors (Lipinski definition) is 2. The van der Waals surface area contributed by atoms with Crippen LogP contribution >= 0.6 is 0 Å². The third-order valence-electron chi connectivity index (χ3n) is 3.14. The molecule has 5 heteroatoms. The number of carbonyl (C=O) groups excluding carboxylic acids is 2. The lowest BCUT2D eigenvalue weighted by atomic mass is 9.85. The molecule has 0 saturated heterocycles. The number of aliphatic carboxylic acids is 1. The molecule has 0 radical (unpaired) electrons. The fourth-order valence-corrected chi connectivity index (χ4v) is 2.01. The molecule has 0 aromatic carbocycles. The van der Waals surface area contributed by atoms with Gasteiger partial charge in [-0.15, -0.1) is 0 Å². The number of nitrogens with one attached hydrogen (secondary N) is 1. The molecule has 0 unspecified atom stereocenters. The number of hydrogen-bond acceptors (Lipinski definition) is 3. The van der Waals surface area contributed by atoms with E-state index in [0.717, 1.165) is 6.42 Å². The topological polar surface area (TPSA) is 83.5 Å². The first-order chi connectivity index (χ1) is 8.94. The minimum Gasteiger partial charge on any atom is -0.481 e. The maximum absolute atomic E-state index is 12.0. The van der Waals surface area contributed by atoms with Crippen molar-refractivity contribution in [2.45, 2.75) is 60.4 Å². The molecule has 116 valence electrons. The minimum atomic E-state index is -1.00. The van der Waals surface area contributed by atoms with Gasteiger partial charge in [-0.05, 0) is 18.8 Å². The standard InChI is InChI=1S/C15H27NO4/c1-9(14(19)20)7-12(17)11(3)16-13(18)10(2)8-15(4,5)6/h9-11H,7-8H2,1-6H3,(H,16,18)(H,19,20)/t9-,10-,11+/m0/s1. The minimum absolute atomic E-state index is 0.0435. The smallest absolute Gasteiger partial charge is 0.306 e. The quantitative estimate of drug-likeness (QED) is 0.751. The Hall–Kier alpha value is -1.39. The number of rotatable bonds is 7. The molecule has 0 aromatic rings. The molecule has 3 atom stereocenters. The lowest BCUT2D eigenvalue weighted by Crippen LogP contribution is -2.42. The average Bonchev–Trinajstić information content (AvgIpc) is 2.25. The summed E-state index contributed by atoms with van der Waals surface area (Å²) in [6.07, 6.45) is 0.662. The second-order valence-electron chi connectivity index (χ2n) is 6.81. The van der Waals surface area contributed by atoms with Crippen molar-refractivity contribution in [3.8, 4) is 0 Å². The lowest BCUT2D eigenvalue weighted by Gasteiger charge is -2.24. The van der Waals surface area contributed by atoms with E-state index in [0.29, 0.717) is 0 Å². The van der Waals surface area contributed by atoms with Gasteiger partial charge in [0.1, 0.15) is 0 Å². The van der Waals surface area contributed by atoms with E-state index < -0.39 is 17.9 Å². The van der Waals surface area contributed by atoms with Crippen LogP contribution in [-0.4, -0.2) is 28.8 Å². The van der Waals surface area contributed by atoms with Crippen LogP contribution in [0.4, 0.5) is 0 Å². The van der Waals surface area contributed by atoms with E-state index in [9.17, 15) is 14.4 Å². The Morgan fingerprint density at radius 2 is 1.55 bits per heavy atom. The van der Waals surface area contributed by atoms with Crippen molar-refractivity contribution in [1.82, 2.24) is 5.32 Å². The maximum atomic E-state index is 12.0. The molecular formula is C15H27NO4. The van der Waals surface area contributed by atoms with Crippen LogP contribution in [0.1, 0.15) is 54.4 Å². The summed E-state index contributed by atoms with van der Waals surface area (Å²) in [6, 6.07) is -0.647. The van der Waals surface area contributed by atoms with Gasteiger partial charge in [0.15, 0.2) is 5.78 Å². The van der Waals surface area contributed by atoms with E-state index in [1.54, 1.807) is 6.92 Å². The molecule has 0 heterocycles. The second kappa shape index (κ2) is 7.41. The Morgan fingerprint density at radius 1 is 1.05 bits per heavy atom. The number of Topliss-reactive ketones (excluding diaryl/α,β-unsaturated/α-hetero) is 1. The van der Waals surface area contributed by atoms with Crippen LogP contribution in [0.3, 0.4) is 0 Å². The molecular weight excluding hydrogens is 258 g/mol. The summed E-state index contributed by atoms with van der Waals surface area (Å²) in [6.45, 7) is 11.1. The molecule has 0 aliphatic heterocycles. The monoisotopic (exact) mass is 285 g/mol. The molecule has 0 bridgehead atoms. The molecule has 0 aliphatic rings. The van der Waals surface area contributed by atoms with Gasteiger partial charge in [0, 0.05) is 12.3 Å². The van der Waals surface area contributed by atoms with Crippen molar-refractivity contribution in [2.75, 3.05) is 0 Å². The number of amides is 1. The van der Waals surface area contributed by atoms with Crippen LogP contribution in [0.15, 0.2) is 0 Å². The fraction of sp³-hybridized carbons (Fsp3) is 0.800. The first-order valence-corrected chi connectivity index (χ1v) is 7.00. The molecule has 1 amide bonds. The number of carboxylic acid groups (broad SMARTS) is 1. The van der Waals surface area contributed by atoms with Gasteiger partial charge in [-0.1, -0.05) is 34.6 Å². The highest BCUT2D eigenvalue weighted by Crippen LogP contribution is 2.24. The van der Waals surface area contributed by atoms with Crippen molar-refractivity contribution in [3.63, 3.8) is 0 Å². The van der Waals surface area contributed by atoms with Gasteiger partial charge in [-0.25, -0.2) is 0 Å². The lowest BCUT2D eigenvalue weighted by molar-refractivity contribution is -0.143. The highest BCUT2D eigenvalue weighted by atomic mass is 16.4. The Morgan fingerprint density at radius 3 is 1.95 bits per heavy atom. The van der Waals surface area contributed by atoms with E-state index in [2.05, 4.69) is 26.1 Å². The van der Waals surface area contributed by atoms with E-state index in [1.165, 1.54) is 6.92 Å². The Labute approximate surface area is 121 Å². The summed E-state index contributed by atoms with van der Waals surface area (Å²) in [5, 5.41) is 11.4. The van der Waals surface area contributed by atoms with Crippen LogP contribution in [0, 0.1) is 17.3 Å². The van der Waals surface area contributed by atoms with Crippen LogP contribution in [0.25, 0.3) is 0 Å². The molecule has 2 N–H and O–H groups in total. The summed E-state index contributed by atoms with van der Waals surface area (Å²) < 4.78 is 0. The van der Waals surface area contributed by atoms with E-state index in [1.807, 2.05) is 6.92 Å². The van der Waals surface area contributed by atoms with E-state index in [-0.39, 0.29) is 29.4 Å². The molecule has 5 nitrogen and oxygen atoms in total. The Balaban J connectivity index is 4.38. The van der Waals surface area contributed by atoms with Gasteiger partial charge in [0.05, 0.1) is 12.0 Å². The molecule has 20 heavy (non-hydrogen) atoms. The number of carbonyl (C=O) groups is 3. The summed E-state index contributed by atoms with van der Waals surface area (Å²) in [5.74, 6) is -2.33. The molecule has 0 spiro atoms. The highest BCUT2D eigenvalue weighted by Gasteiger charge is 2.25.